The molecule has 0 radical (unpaired) electrons. The highest BCUT2D eigenvalue weighted by atomic mass is 16.5. The first kappa shape index (κ1) is 21.0. The largest absolute Gasteiger partial charge is 0.459 e. The third-order valence-corrected chi connectivity index (χ3v) is 6.44. The molecule has 7 nitrogen and oxygen atoms in total. The maximum Gasteiger partial charge on any atom is 0.142 e. The molecule has 0 bridgehead atoms. The zero-order valence-corrected chi connectivity index (χ0v) is 18.4. The fourth-order valence-corrected chi connectivity index (χ4v) is 4.75. The van der Waals surface area contributed by atoms with Crippen molar-refractivity contribution in [1.29, 1.82) is 0 Å². The van der Waals surface area contributed by atoms with E-state index < -0.39 is 0 Å². The Bertz CT molecular complexity index is 1080. The molecule has 2 aliphatic rings. The fourth-order valence-electron chi connectivity index (χ4n) is 4.75. The number of pyridine rings is 1. The lowest BCUT2D eigenvalue weighted by molar-refractivity contribution is -0.0950. The SMILES string of the molecule is CCN(Cc1cc(-c2ccncc2)c(-c2ccc3c(c2)CCC3N=O)o1)N1CCOCC1. The molecule has 3 aromatic rings. The van der Waals surface area contributed by atoms with Crippen molar-refractivity contribution in [3.05, 3.63) is 70.6 Å². The number of hydrazine groups is 1. The maximum atomic E-state index is 11.1. The minimum Gasteiger partial charge on any atom is -0.459 e. The normalized spacial score (nSPS) is 18.8. The highest BCUT2D eigenvalue weighted by Gasteiger charge is 2.25. The number of nitroso groups, excluding NO2 is 1. The molecule has 1 aliphatic carbocycles. The summed E-state index contributed by atoms with van der Waals surface area (Å²) in [6.07, 6.45) is 5.27. The highest BCUT2D eigenvalue weighted by Crippen LogP contribution is 2.40. The zero-order valence-electron chi connectivity index (χ0n) is 18.4. The molecule has 7 heteroatoms. The fraction of sp³-hybridized carbons (Fsp3) is 0.400. The van der Waals surface area contributed by atoms with Crippen LogP contribution in [0.1, 0.15) is 36.3 Å². The van der Waals surface area contributed by atoms with E-state index >= 15 is 0 Å². The zero-order chi connectivity index (χ0) is 21.9. The Hall–Kier alpha value is -2.87. The Balaban J connectivity index is 1.50. The summed E-state index contributed by atoms with van der Waals surface area (Å²) >= 11 is 0. The molecule has 166 valence electrons. The molecule has 1 aliphatic heterocycles. The van der Waals surface area contributed by atoms with E-state index in [1.807, 2.05) is 18.2 Å². The number of aryl methyl sites for hydroxylation is 1. The van der Waals surface area contributed by atoms with Gasteiger partial charge in [-0.3, -0.25) is 4.98 Å². The molecule has 1 saturated heterocycles. The lowest BCUT2D eigenvalue weighted by Crippen LogP contribution is -2.48. The summed E-state index contributed by atoms with van der Waals surface area (Å²) in [6.45, 7) is 7.09. The van der Waals surface area contributed by atoms with Crippen LogP contribution in [0.5, 0.6) is 0 Å². The number of hydrogen-bond donors (Lipinski definition) is 0. The summed E-state index contributed by atoms with van der Waals surface area (Å²) in [4.78, 5) is 15.3. The Morgan fingerprint density at radius 1 is 1.12 bits per heavy atom. The molecular formula is C25H28N4O3. The monoisotopic (exact) mass is 432 g/mol. The summed E-state index contributed by atoms with van der Waals surface area (Å²) in [5.41, 5.74) is 5.40. The first-order chi connectivity index (χ1) is 15.8. The van der Waals surface area contributed by atoms with Crippen LogP contribution in [0.3, 0.4) is 0 Å². The Labute approximate surface area is 187 Å². The third kappa shape index (κ3) is 4.11. The topological polar surface area (TPSA) is 71.2 Å². The minimum absolute atomic E-state index is 0.225. The van der Waals surface area contributed by atoms with Crippen LogP contribution in [0.4, 0.5) is 0 Å². The Morgan fingerprint density at radius 2 is 1.94 bits per heavy atom. The van der Waals surface area contributed by atoms with E-state index in [4.69, 9.17) is 9.15 Å². The van der Waals surface area contributed by atoms with E-state index in [1.54, 1.807) is 12.4 Å². The molecule has 1 aromatic carbocycles. The number of nitrogens with zero attached hydrogens (tertiary/aromatic N) is 4. The number of furan rings is 1. The van der Waals surface area contributed by atoms with Gasteiger partial charge in [-0.1, -0.05) is 24.2 Å². The van der Waals surface area contributed by atoms with Crippen LogP contribution in [0.25, 0.3) is 22.5 Å². The lowest BCUT2D eigenvalue weighted by atomic mass is 9.99. The van der Waals surface area contributed by atoms with Crippen LogP contribution in [0.15, 0.2) is 58.4 Å². The minimum atomic E-state index is -0.225. The maximum absolute atomic E-state index is 11.1. The molecule has 0 N–H and O–H groups in total. The number of fused-ring (bicyclic) bond motifs is 1. The molecule has 0 spiro atoms. The molecule has 0 saturated carbocycles. The molecular weight excluding hydrogens is 404 g/mol. The predicted molar refractivity (Wildman–Crippen MR) is 123 cm³/mol. The molecule has 32 heavy (non-hydrogen) atoms. The third-order valence-electron chi connectivity index (χ3n) is 6.44. The van der Waals surface area contributed by atoms with E-state index in [9.17, 15) is 4.91 Å². The van der Waals surface area contributed by atoms with Crippen LogP contribution in [-0.2, 0) is 17.7 Å². The first-order valence-electron chi connectivity index (χ1n) is 11.3. The van der Waals surface area contributed by atoms with Crippen LogP contribution in [0.2, 0.25) is 0 Å². The van der Waals surface area contributed by atoms with Gasteiger partial charge in [-0.15, -0.1) is 0 Å². The van der Waals surface area contributed by atoms with Crippen molar-refractivity contribution >= 4 is 0 Å². The second-order valence-electron chi connectivity index (χ2n) is 8.31. The van der Waals surface area contributed by atoms with Gasteiger partial charge >= 0.3 is 0 Å². The van der Waals surface area contributed by atoms with Gasteiger partial charge in [-0.25, -0.2) is 10.0 Å². The van der Waals surface area contributed by atoms with Crippen molar-refractivity contribution in [2.45, 2.75) is 32.4 Å². The summed E-state index contributed by atoms with van der Waals surface area (Å²) in [7, 11) is 0. The average Bonchev–Trinajstić information content (AvgIpc) is 3.47. The average molecular weight is 433 g/mol. The van der Waals surface area contributed by atoms with E-state index in [1.165, 1.54) is 5.56 Å². The van der Waals surface area contributed by atoms with Crippen LogP contribution in [-0.4, -0.2) is 47.8 Å². The van der Waals surface area contributed by atoms with Gasteiger partial charge in [0.2, 0.25) is 0 Å². The van der Waals surface area contributed by atoms with Crippen molar-refractivity contribution in [1.82, 2.24) is 15.0 Å². The van der Waals surface area contributed by atoms with E-state index in [0.29, 0.717) is 6.54 Å². The van der Waals surface area contributed by atoms with Gasteiger partial charge in [0.15, 0.2) is 0 Å². The molecule has 1 unspecified atom stereocenters. The van der Waals surface area contributed by atoms with Crippen LogP contribution < -0.4 is 0 Å². The van der Waals surface area contributed by atoms with E-state index in [-0.39, 0.29) is 6.04 Å². The Morgan fingerprint density at radius 3 is 2.69 bits per heavy atom. The summed E-state index contributed by atoms with van der Waals surface area (Å²) < 4.78 is 12.0. The summed E-state index contributed by atoms with van der Waals surface area (Å²) in [5.74, 6) is 1.78. The van der Waals surface area contributed by atoms with Crippen molar-refractivity contribution in [2.75, 3.05) is 32.8 Å². The summed E-state index contributed by atoms with van der Waals surface area (Å²) in [5, 5.41) is 7.96. The quantitative estimate of drug-likeness (QED) is 0.498. The van der Waals surface area contributed by atoms with Gasteiger partial charge in [0.1, 0.15) is 17.6 Å². The second kappa shape index (κ2) is 9.32. The smallest absolute Gasteiger partial charge is 0.142 e. The van der Waals surface area contributed by atoms with Crippen molar-refractivity contribution in [3.8, 4) is 22.5 Å². The van der Waals surface area contributed by atoms with Gasteiger partial charge < -0.3 is 9.15 Å². The van der Waals surface area contributed by atoms with Gasteiger partial charge in [0.05, 0.1) is 19.8 Å². The van der Waals surface area contributed by atoms with Gasteiger partial charge in [0, 0.05) is 43.2 Å². The number of hydrogen-bond acceptors (Lipinski definition) is 7. The van der Waals surface area contributed by atoms with Crippen LogP contribution in [0, 0.1) is 4.91 Å². The number of aromatic nitrogens is 1. The van der Waals surface area contributed by atoms with Crippen LogP contribution >= 0.6 is 0 Å². The van der Waals surface area contributed by atoms with Gasteiger partial charge in [0.25, 0.3) is 0 Å². The van der Waals surface area contributed by atoms with E-state index in [0.717, 1.165) is 79.5 Å². The summed E-state index contributed by atoms with van der Waals surface area (Å²) in [6, 6.07) is 12.2. The van der Waals surface area contributed by atoms with Crippen molar-refractivity contribution < 1.29 is 9.15 Å². The predicted octanol–water partition coefficient (Wildman–Crippen LogP) is 4.83. The number of benzene rings is 1. The molecule has 2 aromatic heterocycles. The first-order valence-corrected chi connectivity index (χ1v) is 11.3. The molecule has 3 heterocycles. The number of morpholine rings is 1. The van der Waals surface area contributed by atoms with Crippen molar-refractivity contribution in [2.24, 2.45) is 5.18 Å². The molecule has 0 amide bonds. The van der Waals surface area contributed by atoms with Crippen molar-refractivity contribution in [3.63, 3.8) is 0 Å². The molecule has 5 rings (SSSR count). The van der Waals surface area contributed by atoms with Gasteiger partial charge in [-0.05, 0) is 53.8 Å². The van der Waals surface area contributed by atoms with E-state index in [2.05, 4.69) is 45.3 Å². The lowest BCUT2D eigenvalue weighted by Gasteiger charge is -2.36. The number of ether oxygens (including phenoxy) is 1. The molecule has 1 fully saturated rings. The highest BCUT2D eigenvalue weighted by molar-refractivity contribution is 5.80. The second-order valence-corrected chi connectivity index (χ2v) is 8.31. The van der Waals surface area contributed by atoms with Gasteiger partial charge in [-0.2, -0.15) is 4.91 Å². The molecule has 1 atom stereocenters. The standard InChI is InChI=1S/C25H28N4O3/c1-2-28(29-11-13-31-14-12-29)17-21-16-23(18-7-9-26-10-8-18)25(32-21)20-3-5-22-19(15-20)4-6-24(22)27-30/h3,5,7-10,15-16,24H,2,4,6,11-14,17H2,1H3. The number of rotatable bonds is 7. The Kier molecular flexibility index (Phi) is 6.12.